The number of rotatable bonds is 5. The molecule has 0 aromatic heterocycles. The number of halogens is 1. The summed E-state index contributed by atoms with van der Waals surface area (Å²) in [5.74, 6) is 0. The molecular formula is C8H16FN. The Labute approximate surface area is 62.1 Å². The molecule has 1 unspecified atom stereocenters. The fourth-order valence-electron chi connectivity index (χ4n) is 0.874. The molecule has 10 heavy (non-hydrogen) atoms. The van der Waals surface area contributed by atoms with Crippen LogP contribution < -0.4 is 5.73 Å². The molecular weight excluding hydrogens is 129 g/mol. The molecule has 0 spiro atoms. The van der Waals surface area contributed by atoms with Crippen LogP contribution in [0.4, 0.5) is 4.39 Å². The molecule has 0 fully saturated rings. The SMILES string of the molecule is C=CCC(C)(F)CCCN. The van der Waals surface area contributed by atoms with Gasteiger partial charge >= 0.3 is 0 Å². The maximum Gasteiger partial charge on any atom is 0.111 e. The van der Waals surface area contributed by atoms with Crippen molar-refractivity contribution < 1.29 is 4.39 Å². The first-order chi connectivity index (χ1) is 4.62. The molecule has 0 aromatic carbocycles. The predicted molar refractivity (Wildman–Crippen MR) is 42.6 cm³/mol. The van der Waals surface area contributed by atoms with E-state index in [1.807, 2.05) is 0 Å². The van der Waals surface area contributed by atoms with Crippen LogP contribution in [-0.2, 0) is 0 Å². The highest BCUT2D eigenvalue weighted by atomic mass is 19.1. The number of hydrogen-bond acceptors (Lipinski definition) is 1. The first-order valence-corrected chi connectivity index (χ1v) is 3.62. The Balaban J connectivity index is 3.51. The van der Waals surface area contributed by atoms with E-state index in [0.717, 1.165) is 6.42 Å². The van der Waals surface area contributed by atoms with E-state index in [-0.39, 0.29) is 0 Å². The molecule has 0 saturated carbocycles. The lowest BCUT2D eigenvalue weighted by molar-refractivity contribution is 0.176. The number of hydrogen-bond donors (Lipinski definition) is 1. The van der Waals surface area contributed by atoms with Crippen molar-refractivity contribution >= 4 is 0 Å². The smallest absolute Gasteiger partial charge is 0.111 e. The van der Waals surface area contributed by atoms with Gasteiger partial charge in [-0.05, 0) is 32.7 Å². The Hall–Kier alpha value is -0.370. The largest absolute Gasteiger partial charge is 0.330 e. The summed E-state index contributed by atoms with van der Waals surface area (Å²) in [6.07, 6.45) is 3.32. The van der Waals surface area contributed by atoms with Gasteiger partial charge in [0.2, 0.25) is 0 Å². The second-order valence-electron chi connectivity index (χ2n) is 2.80. The first-order valence-electron chi connectivity index (χ1n) is 3.62. The Morgan fingerprint density at radius 1 is 1.70 bits per heavy atom. The van der Waals surface area contributed by atoms with Gasteiger partial charge in [0.05, 0.1) is 0 Å². The Morgan fingerprint density at radius 2 is 2.30 bits per heavy atom. The zero-order valence-electron chi connectivity index (χ0n) is 6.57. The highest BCUT2D eigenvalue weighted by Gasteiger charge is 2.19. The van der Waals surface area contributed by atoms with E-state index in [4.69, 9.17) is 5.73 Å². The van der Waals surface area contributed by atoms with Crippen molar-refractivity contribution in [2.45, 2.75) is 31.9 Å². The van der Waals surface area contributed by atoms with Crippen molar-refractivity contribution in [3.63, 3.8) is 0 Å². The first kappa shape index (κ1) is 9.63. The second-order valence-corrected chi connectivity index (χ2v) is 2.80. The van der Waals surface area contributed by atoms with Crippen molar-refractivity contribution in [3.05, 3.63) is 12.7 Å². The van der Waals surface area contributed by atoms with Crippen molar-refractivity contribution in [2.24, 2.45) is 5.73 Å². The van der Waals surface area contributed by atoms with Gasteiger partial charge in [-0.15, -0.1) is 6.58 Å². The third-order valence-corrected chi connectivity index (χ3v) is 1.47. The maximum atomic E-state index is 13.2. The van der Waals surface area contributed by atoms with Crippen molar-refractivity contribution in [3.8, 4) is 0 Å². The monoisotopic (exact) mass is 145 g/mol. The molecule has 0 bridgehead atoms. The zero-order chi connectivity index (χ0) is 8.04. The lowest BCUT2D eigenvalue weighted by atomic mass is 9.98. The van der Waals surface area contributed by atoms with E-state index in [0.29, 0.717) is 19.4 Å². The van der Waals surface area contributed by atoms with Gasteiger partial charge in [0.25, 0.3) is 0 Å². The summed E-state index contributed by atoms with van der Waals surface area (Å²) in [6.45, 7) is 5.64. The minimum atomic E-state index is -1.10. The summed E-state index contributed by atoms with van der Waals surface area (Å²) in [4.78, 5) is 0. The van der Waals surface area contributed by atoms with Gasteiger partial charge in [0.1, 0.15) is 5.67 Å². The molecule has 0 aliphatic rings. The fraction of sp³-hybridized carbons (Fsp3) is 0.750. The summed E-state index contributed by atoms with van der Waals surface area (Å²) in [5.41, 5.74) is 4.14. The van der Waals surface area contributed by atoms with Crippen LogP contribution in [0.5, 0.6) is 0 Å². The van der Waals surface area contributed by atoms with Crippen LogP contribution in [0.1, 0.15) is 26.2 Å². The normalized spacial score (nSPS) is 16.3. The molecule has 0 aliphatic carbocycles. The number of allylic oxidation sites excluding steroid dienone is 1. The van der Waals surface area contributed by atoms with E-state index in [9.17, 15) is 4.39 Å². The molecule has 0 amide bonds. The Morgan fingerprint density at radius 3 is 2.70 bits per heavy atom. The van der Waals surface area contributed by atoms with Crippen LogP contribution in [-0.4, -0.2) is 12.2 Å². The zero-order valence-corrected chi connectivity index (χ0v) is 6.57. The third kappa shape index (κ3) is 4.50. The summed E-state index contributed by atoms with van der Waals surface area (Å²) in [5, 5.41) is 0. The maximum absolute atomic E-state index is 13.2. The molecule has 0 aliphatic heterocycles. The third-order valence-electron chi connectivity index (χ3n) is 1.47. The standard InChI is InChI=1S/C8H16FN/c1-3-5-8(2,9)6-4-7-10/h3H,1,4-7,10H2,2H3. The summed E-state index contributed by atoms with van der Waals surface area (Å²) < 4.78 is 13.2. The van der Waals surface area contributed by atoms with Crippen LogP contribution in [0.2, 0.25) is 0 Å². The molecule has 1 nitrogen and oxygen atoms in total. The molecule has 0 radical (unpaired) electrons. The summed E-state index contributed by atoms with van der Waals surface area (Å²) in [6, 6.07) is 0. The van der Waals surface area contributed by atoms with E-state index >= 15 is 0 Å². The van der Waals surface area contributed by atoms with Crippen LogP contribution in [0.3, 0.4) is 0 Å². The van der Waals surface area contributed by atoms with Gasteiger partial charge < -0.3 is 5.73 Å². The summed E-state index contributed by atoms with van der Waals surface area (Å²) >= 11 is 0. The van der Waals surface area contributed by atoms with Crippen LogP contribution in [0.15, 0.2) is 12.7 Å². The molecule has 0 rings (SSSR count). The van der Waals surface area contributed by atoms with Crippen LogP contribution in [0.25, 0.3) is 0 Å². The molecule has 2 N–H and O–H groups in total. The lowest BCUT2D eigenvalue weighted by Crippen LogP contribution is -2.18. The predicted octanol–water partition coefficient (Wildman–Crippen LogP) is 2.03. The molecule has 0 heterocycles. The molecule has 60 valence electrons. The number of nitrogens with two attached hydrogens (primary N) is 1. The lowest BCUT2D eigenvalue weighted by Gasteiger charge is -2.17. The second kappa shape index (κ2) is 4.45. The van der Waals surface area contributed by atoms with Gasteiger partial charge in [0.15, 0.2) is 0 Å². The van der Waals surface area contributed by atoms with Crippen LogP contribution >= 0.6 is 0 Å². The Kier molecular flexibility index (Phi) is 4.28. The molecule has 2 heteroatoms. The highest BCUT2D eigenvalue weighted by Crippen LogP contribution is 2.21. The van der Waals surface area contributed by atoms with Gasteiger partial charge in [0, 0.05) is 0 Å². The number of alkyl halides is 1. The van der Waals surface area contributed by atoms with Gasteiger partial charge in [-0.3, -0.25) is 0 Å². The molecule has 1 atom stereocenters. The quantitative estimate of drug-likeness (QED) is 0.588. The van der Waals surface area contributed by atoms with E-state index in [2.05, 4.69) is 6.58 Å². The van der Waals surface area contributed by atoms with Gasteiger partial charge in [-0.2, -0.15) is 0 Å². The minimum Gasteiger partial charge on any atom is -0.330 e. The fourth-order valence-corrected chi connectivity index (χ4v) is 0.874. The Bertz CT molecular complexity index is 99.4. The van der Waals surface area contributed by atoms with E-state index in [1.165, 1.54) is 0 Å². The van der Waals surface area contributed by atoms with E-state index in [1.54, 1.807) is 13.0 Å². The molecule has 0 saturated heterocycles. The average molecular weight is 145 g/mol. The van der Waals surface area contributed by atoms with Crippen molar-refractivity contribution in [2.75, 3.05) is 6.54 Å². The van der Waals surface area contributed by atoms with Gasteiger partial charge in [-0.25, -0.2) is 4.39 Å². The van der Waals surface area contributed by atoms with Crippen molar-refractivity contribution in [1.82, 2.24) is 0 Å². The summed E-state index contributed by atoms with van der Waals surface area (Å²) in [7, 11) is 0. The van der Waals surface area contributed by atoms with Crippen LogP contribution in [0, 0.1) is 0 Å². The average Bonchev–Trinajstić information content (AvgIpc) is 1.84. The molecule has 0 aromatic rings. The van der Waals surface area contributed by atoms with E-state index < -0.39 is 5.67 Å². The highest BCUT2D eigenvalue weighted by molar-refractivity contribution is 4.82. The van der Waals surface area contributed by atoms with Crippen molar-refractivity contribution in [1.29, 1.82) is 0 Å². The van der Waals surface area contributed by atoms with Gasteiger partial charge in [-0.1, -0.05) is 6.08 Å². The minimum absolute atomic E-state index is 0.424. The topological polar surface area (TPSA) is 26.0 Å².